The van der Waals surface area contributed by atoms with Gasteiger partial charge in [0.05, 0.1) is 29.6 Å². The van der Waals surface area contributed by atoms with Crippen LogP contribution in [0.3, 0.4) is 0 Å². The molecule has 2 aliphatic heterocycles. The Bertz CT molecular complexity index is 1030. The van der Waals surface area contributed by atoms with Gasteiger partial charge in [-0.05, 0) is 30.7 Å². The summed E-state index contributed by atoms with van der Waals surface area (Å²) < 4.78 is 44.3. The van der Waals surface area contributed by atoms with Gasteiger partial charge in [0.25, 0.3) is 0 Å². The van der Waals surface area contributed by atoms with Crippen LogP contribution < -0.4 is 15.1 Å². The second-order valence-corrected chi connectivity index (χ2v) is 7.26. The molecule has 0 aliphatic carbocycles. The van der Waals surface area contributed by atoms with Gasteiger partial charge in [0.15, 0.2) is 12.1 Å². The topological polar surface area (TPSA) is 95.0 Å². The molecule has 2 N–H and O–H groups in total. The number of halogens is 3. The Morgan fingerprint density at radius 1 is 1.29 bits per heavy atom. The number of aliphatic hydroxyl groups excluding tert-OH is 1. The van der Waals surface area contributed by atoms with E-state index in [1.54, 1.807) is 0 Å². The first-order chi connectivity index (χ1) is 14.6. The van der Waals surface area contributed by atoms with Crippen molar-refractivity contribution in [2.24, 2.45) is 0 Å². The molecule has 1 aromatic carbocycles. The second kappa shape index (κ2) is 7.82. The maximum absolute atomic E-state index is 13.1. The number of urea groups is 1. The molecule has 164 valence electrons. The number of anilines is 2. The molecule has 2 aliphatic rings. The quantitative estimate of drug-likeness (QED) is 0.754. The number of benzene rings is 1. The average molecular weight is 436 g/mol. The number of ether oxygens (including phenoxy) is 1. The van der Waals surface area contributed by atoms with Crippen LogP contribution in [0.2, 0.25) is 0 Å². The number of fused-ring (bicyclic) bond motifs is 1. The Morgan fingerprint density at radius 3 is 2.74 bits per heavy atom. The fraction of sp³-hybridized carbons (Fsp3) is 0.350. The van der Waals surface area contributed by atoms with Crippen LogP contribution in [0.25, 0.3) is 11.3 Å². The first-order valence-electron chi connectivity index (χ1n) is 9.48. The standard InChI is InChI=1S/C20H19F3N4O4/c1-26-15-6-5-13(11-3-2-4-12(9-11)20(21,22)23)24-17(15)27(10-16(26)28)19(30)25-14-7-8-31-18(14)29/h2-6,9,14,18,29H,7-8,10H2,1H3,(H,25,30). The minimum absolute atomic E-state index is 0.128. The van der Waals surface area contributed by atoms with Gasteiger partial charge in [-0.2, -0.15) is 13.2 Å². The summed E-state index contributed by atoms with van der Waals surface area (Å²) in [6, 6.07) is 6.42. The third-order valence-electron chi connectivity index (χ3n) is 5.24. The molecule has 0 bridgehead atoms. The number of carbonyl (C=O) groups excluding carboxylic acids is 2. The Hall–Kier alpha value is -3.18. The number of carbonyl (C=O) groups is 2. The van der Waals surface area contributed by atoms with Crippen LogP contribution in [0.15, 0.2) is 36.4 Å². The highest BCUT2D eigenvalue weighted by molar-refractivity contribution is 6.09. The van der Waals surface area contributed by atoms with Gasteiger partial charge in [-0.25, -0.2) is 9.78 Å². The van der Waals surface area contributed by atoms with Gasteiger partial charge < -0.3 is 20.1 Å². The fourth-order valence-electron chi connectivity index (χ4n) is 3.49. The summed E-state index contributed by atoms with van der Waals surface area (Å²) in [5, 5.41) is 12.4. The number of hydrogen-bond acceptors (Lipinski definition) is 5. The molecule has 0 saturated carbocycles. The highest BCUT2D eigenvalue weighted by Gasteiger charge is 2.36. The summed E-state index contributed by atoms with van der Waals surface area (Å²) >= 11 is 0. The number of aromatic nitrogens is 1. The Balaban J connectivity index is 1.70. The number of nitrogens with one attached hydrogen (secondary N) is 1. The first kappa shape index (κ1) is 21.1. The highest BCUT2D eigenvalue weighted by atomic mass is 19.4. The van der Waals surface area contributed by atoms with Crippen LogP contribution >= 0.6 is 0 Å². The van der Waals surface area contributed by atoms with Crippen molar-refractivity contribution in [3.63, 3.8) is 0 Å². The van der Waals surface area contributed by atoms with Crippen molar-refractivity contribution in [2.45, 2.75) is 24.9 Å². The second-order valence-electron chi connectivity index (χ2n) is 7.26. The Labute approximate surface area is 175 Å². The fourth-order valence-corrected chi connectivity index (χ4v) is 3.49. The molecule has 1 fully saturated rings. The van der Waals surface area contributed by atoms with E-state index in [-0.39, 0.29) is 36.1 Å². The third-order valence-corrected chi connectivity index (χ3v) is 5.24. The van der Waals surface area contributed by atoms with Crippen molar-refractivity contribution in [1.82, 2.24) is 10.3 Å². The summed E-state index contributed by atoms with van der Waals surface area (Å²) in [5.41, 5.74) is -0.0428. The summed E-state index contributed by atoms with van der Waals surface area (Å²) in [4.78, 5) is 32.0. The zero-order valence-corrected chi connectivity index (χ0v) is 16.4. The Morgan fingerprint density at radius 2 is 2.06 bits per heavy atom. The zero-order chi connectivity index (χ0) is 22.3. The van der Waals surface area contributed by atoms with E-state index in [1.165, 1.54) is 36.2 Å². The lowest BCUT2D eigenvalue weighted by atomic mass is 10.1. The minimum Gasteiger partial charge on any atom is -0.366 e. The molecule has 1 aromatic heterocycles. The smallest absolute Gasteiger partial charge is 0.366 e. The molecular weight excluding hydrogens is 417 g/mol. The van der Waals surface area contributed by atoms with E-state index < -0.39 is 30.1 Å². The molecule has 2 aromatic rings. The van der Waals surface area contributed by atoms with Crippen LogP contribution in [0.4, 0.5) is 29.5 Å². The number of nitrogens with zero attached hydrogens (tertiary/aromatic N) is 3. The third kappa shape index (κ3) is 4.06. The summed E-state index contributed by atoms with van der Waals surface area (Å²) in [7, 11) is 1.52. The van der Waals surface area contributed by atoms with Crippen molar-refractivity contribution < 1.29 is 32.6 Å². The van der Waals surface area contributed by atoms with Gasteiger partial charge >= 0.3 is 12.2 Å². The van der Waals surface area contributed by atoms with Gasteiger partial charge in [-0.3, -0.25) is 9.69 Å². The first-order valence-corrected chi connectivity index (χ1v) is 9.48. The normalized spacial score (nSPS) is 21.3. The van der Waals surface area contributed by atoms with Crippen LogP contribution in [0, 0.1) is 0 Å². The number of rotatable bonds is 2. The molecule has 11 heteroatoms. The lowest BCUT2D eigenvalue weighted by Gasteiger charge is -2.34. The predicted molar refractivity (Wildman–Crippen MR) is 104 cm³/mol. The van der Waals surface area contributed by atoms with Gasteiger partial charge in [-0.1, -0.05) is 12.1 Å². The number of likely N-dealkylation sites (N-methyl/N-ethyl adjacent to an activating group) is 1. The van der Waals surface area contributed by atoms with E-state index >= 15 is 0 Å². The van der Waals surface area contributed by atoms with E-state index in [1.807, 2.05) is 0 Å². The largest absolute Gasteiger partial charge is 0.416 e. The number of amides is 3. The molecule has 4 rings (SSSR count). The molecule has 2 unspecified atom stereocenters. The van der Waals surface area contributed by atoms with Crippen molar-refractivity contribution in [3.05, 3.63) is 42.0 Å². The van der Waals surface area contributed by atoms with E-state index in [0.29, 0.717) is 12.1 Å². The van der Waals surface area contributed by atoms with Crippen LogP contribution in [-0.2, 0) is 15.7 Å². The van der Waals surface area contributed by atoms with E-state index in [4.69, 9.17) is 4.74 Å². The molecule has 1 saturated heterocycles. The molecule has 31 heavy (non-hydrogen) atoms. The molecule has 0 spiro atoms. The molecule has 0 radical (unpaired) electrons. The number of alkyl halides is 3. The maximum Gasteiger partial charge on any atom is 0.416 e. The van der Waals surface area contributed by atoms with Crippen molar-refractivity contribution in [3.8, 4) is 11.3 Å². The average Bonchev–Trinajstić information content (AvgIpc) is 3.14. The molecule has 8 nitrogen and oxygen atoms in total. The summed E-state index contributed by atoms with van der Waals surface area (Å²) in [6.45, 7) is -0.0274. The monoisotopic (exact) mass is 436 g/mol. The number of hydrogen-bond donors (Lipinski definition) is 2. The minimum atomic E-state index is -4.51. The molecular formula is C20H19F3N4O4. The molecule has 3 amide bonds. The van der Waals surface area contributed by atoms with Gasteiger partial charge in [0, 0.05) is 12.6 Å². The van der Waals surface area contributed by atoms with E-state index in [9.17, 15) is 27.9 Å². The van der Waals surface area contributed by atoms with Crippen molar-refractivity contribution >= 4 is 23.4 Å². The Kier molecular flexibility index (Phi) is 5.31. The SMILES string of the molecule is CN1C(=O)CN(C(=O)NC2CCOC2O)c2nc(-c3cccc(C(F)(F)F)c3)ccc21. The van der Waals surface area contributed by atoms with Gasteiger partial charge in [-0.15, -0.1) is 0 Å². The lowest BCUT2D eigenvalue weighted by Crippen LogP contribution is -2.53. The van der Waals surface area contributed by atoms with Crippen molar-refractivity contribution in [1.29, 1.82) is 0 Å². The molecule has 3 heterocycles. The number of aliphatic hydroxyl groups is 1. The van der Waals surface area contributed by atoms with Crippen LogP contribution in [0.5, 0.6) is 0 Å². The van der Waals surface area contributed by atoms with Crippen molar-refractivity contribution in [2.75, 3.05) is 30.0 Å². The van der Waals surface area contributed by atoms with Gasteiger partial charge in [0.1, 0.15) is 6.54 Å². The van der Waals surface area contributed by atoms with E-state index in [2.05, 4.69) is 10.3 Å². The van der Waals surface area contributed by atoms with Gasteiger partial charge in [0.2, 0.25) is 5.91 Å². The summed E-state index contributed by atoms with van der Waals surface area (Å²) in [6.07, 6.45) is -5.26. The molecule has 2 atom stereocenters. The number of pyridine rings is 1. The van der Waals surface area contributed by atoms with E-state index in [0.717, 1.165) is 17.0 Å². The highest BCUT2D eigenvalue weighted by Crippen LogP contribution is 2.36. The summed E-state index contributed by atoms with van der Waals surface area (Å²) in [5.74, 6) is -0.234. The zero-order valence-electron chi connectivity index (χ0n) is 16.4. The predicted octanol–water partition coefficient (Wildman–Crippen LogP) is 2.37. The van der Waals surface area contributed by atoms with Crippen LogP contribution in [0.1, 0.15) is 12.0 Å². The van der Waals surface area contributed by atoms with Crippen LogP contribution in [-0.4, -0.2) is 54.6 Å². The maximum atomic E-state index is 13.1. The lowest BCUT2D eigenvalue weighted by molar-refractivity contribution is -0.137.